The zero-order chi connectivity index (χ0) is 11.5. The average molecular weight is 238 g/mol. The smallest absolute Gasteiger partial charge is 0.336 e. The van der Waals surface area contributed by atoms with E-state index in [2.05, 4.69) is 14.2 Å². The Bertz CT molecular complexity index is 324. The summed E-state index contributed by atoms with van der Waals surface area (Å²) >= 11 is 0. The SMILES string of the molecule is COC(=O)C(O)CNS(=O)(=O)NC1CC1. The monoisotopic (exact) mass is 238 g/mol. The summed E-state index contributed by atoms with van der Waals surface area (Å²) in [6, 6.07) is -0.0160. The number of nitrogens with one attached hydrogen (secondary N) is 2. The molecule has 88 valence electrons. The zero-order valence-corrected chi connectivity index (χ0v) is 9.08. The molecule has 15 heavy (non-hydrogen) atoms. The van der Waals surface area contributed by atoms with Crippen LogP contribution in [0.25, 0.3) is 0 Å². The lowest BCUT2D eigenvalue weighted by Gasteiger charge is -2.10. The van der Waals surface area contributed by atoms with E-state index in [4.69, 9.17) is 5.11 Å². The van der Waals surface area contributed by atoms with Crippen LogP contribution in [0.3, 0.4) is 0 Å². The van der Waals surface area contributed by atoms with Gasteiger partial charge in [0.2, 0.25) is 0 Å². The molecular formula is C7H14N2O5S. The van der Waals surface area contributed by atoms with Crippen LogP contribution in [0.1, 0.15) is 12.8 Å². The van der Waals surface area contributed by atoms with Gasteiger partial charge in [-0.3, -0.25) is 0 Å². The van der Waals surface area contributed by atoms with Gasteiger partial charge in [-0.25, -0.2) is 4.79 Å². The number of hydrogen-bond donors (Lipinski definition) is 3. The minimum absolute atomic E-state index is 0.0160. The Labute approximate surface area is 88.0 Å². The third-order valence-corrected chi connectivity index (χ3v) is 3.03. The average Bonchev–Trinajstić information content (AvgIpc) is 2.96. The Morgan fingerprint density at radius 2 is 2.20 bits per heavy atom. The van der Waals surface area contributed by atoms with Gasteiger partial charge in [0.05, 0.1) is 7.11 Å². The van der Waals surface area contributed by atoms with Gasteiger partial charge in [0, 0.05) is 12.6 Å². The lowest BCUT2D eigenvalue weighted by molar-refractivity contribution is -0.149. The Balaban J connectivity index is 2.31. The Hall–Kier alpha value is -0.700. The van der Waals surface area contributed by atoms with E-state index in [0.717, 1.165) is 20.0 Å². The van der Waals surface area contributed by atoms with E-state index >= 15 is 0 Å². The molecule has 1 unspecified atom stereocenters. The number of aliphatic hydroxyl groups excluding tert-OH is 1. The van der Waals surface area contributed by atoms with Crippen LogP contribution in [-0.2, 0) is 19.7 Å². The van der Waals surface area contributed by atoms with Crippen molar-refractivity contribution >= 4 is 16.2 Å². The van der Waals surface area contributed by atoms with Crippen molar-refractivity contribution in [2.24, 2.45) is 0 Å². The molecule has 0 aromatic carbocycles. The van der Waals surface area contributed by atoms with Crippen LogP contribution in [-0.4, -0.2) is 45.3 Å². The van der Waals surface area contributed by atoms with Crippen molar-refractivity contribution in [2.45, 2.75) is 25.0 Å². The molecule has 0 heterocycles. The summed E-state index contributed by atoms with van der Waals surface area (Å²) in [6.07, 6.45) is 0.159. The quantitative estimate of drug-likeness (QED) is 0.469. The first-order valence-corrected chi connectivity index (χ1v) is 5.96. The lowest BCUT2D eigenvalue weighted by atomic mass is 10.4. The van der Waals surface area contributed by atoms with Gasteiger partial charge in [-0.05, 0) is 12.8 Å². The maximum atomic E-state index is 11.2. The van der Waals surface area contributed by atoms with Gasteiger partial charge >= 0.3 is 5.97 Å². The van der Waals surface area contributed by atoms with Gasteiger partial charge in [0.15, 0.2) is 6.10 Å². The van der Waals surface area contributed by atoms with Crippen LogP contribution in [0.5, 0.6) is 0 Å². The minimum atomic E-state index is -3.62. The highest BCUT2D eigenvalue weighted by Gasteiger charge is 2.27. The Morgan fingerprint density at radius 3 is 2.67 bits per heavy atom. The standard InChI is InChI=1S/C7H14N2O5S/c1-14-7(11)6(10)4-8-15(12,13)9-5-2-3-5/h5-6,8-10H,2-4H2,1H3. The number of ether oxygens (including phenoxy) is 1. The van der Waals surface area contributed by atoms with E-state index in [1.165, 1.54) is 0 Å². The van der Waals surface area contributed by atoms with E-state index < -0.39 is 28.8 Å². The van der Waals surface area contributed by atoms with Crippen molar-refractivity contribution in [1.82, 2.24) is 9.44 Å². The van der Waals surface area contributed by atoms with Gasteiger partial charge in [-0.2, -0.15) is 17.9 Å². The van der Waals surface area contributed by atoms with Gasteiger partial charge in [0.1, 0.15) is 0 Å². The fourth-order valence-electron chi connectivity index (χ4n) is 0.870. The molecule has 0 amide bonds. The van der Waals surface area contributed by atoms with Crippen molar-refractivity contribution in [3.63, 3.8) is 0 Å². The fourth-order valence-corrected chi connectivity index (χ4v) is 2.01. The topological polar surface area (TPSA) is 105 Å². The lowest BCUT2D eigenvalue weighted by Crippen LogP contribution is -2.43. The summed E-state index contributed by atoms with van der Waals surface area (Å²) in [7, 11) is -2.51. The second-order valence-electron chi connectivity index (χ2n) is 3.28. The number of methoxy groups -OCH3 is 1. The highest BCUT2D eigenvalue weighted by atomic mass is 32.2. The van der Waals surface area contributed by atoms with Crippen LogP contribution in [0.2, 0.25) is 0 Å². The van der Waals surface area contributed by atoms with Crippen LogP contribution >= 0.6 is 0 Å². The van der Waals surface area contributed by atoms with Crippen LogP contribution < -0.4 is 9.44 Å². The van der Waals surface area contributed by atoms with Crippen LogP contribution in [0.15, 0.2) is 0 Å². The number of aliphatic hydroxyl groups is 1. The summed E-state index contributed by atoms with van der Waals surface area (Å²) in [5.74, 6) is -0.871. The molecule has 1 aliphatic rings. The molecular weight excluding hydrogens is 224 g/mol. The summed E-state index contributed by atoms with van der Waals surface area (Å²) in [5.41, 5.74) is 0. The highest BCUT2D eigenvalue weighted by Crippen LogP contribution is 2.19. The van der Waals surface area contributed by atoms with Gasteiger partial charge in [-0.15, -0.1) is 0 Å². The van der Waals surface area contributed by atoms with Gasteiger partial charge in [0.25, 0.3) is 10.2 Å². The third kappa shape index (κ3) is 4.56. The number of rotatable bonds is 6. The second kappa shape index (κ2) is 4.88. The highest BCUT2D eigenvalue weighted by molar-refractivity contribution is 7.87. The van der Waals surface area contributed by atoms with Crippen molar-refractivity contribution < 1.29 is 23.1 Å². The first-order valence-electron chi connectivity index (χ1n) is 4.47. The maximum absolute atomic E-state index is 11.2. The van der Waals surface area contributed by atoms with Crippen molar-refractivity contribution in [2.75, 3.05) is 13.7 Å². The molecule has 1 aliphatic carbocycles. The Morgan fingerprint density at radius 1 is 1.60 bits per heavy atom. The molecule has 7 nitrogen and oxygen atoms in total. The molecule has 0 saturated heterocycles. The molecule has 0 aromatic heterocycles. The molecule has 1 atom stereocenters. The van der Waals surface area contributed by atoms with Crippen LogP contribution in [0.4, 0.5) is 0 Å². The zero-order valence-electron chi connectivity index (χ0n) is 8.26. The molecule has 0 radical (unpaired) electrons. The summed E-state index contributed by atoms with van der Waals surface area (Å²) < 4.78 is 31.0. The molecule has 0 bridgehead atoms. The number of hydrogen-bond acceptors (Lipinski definition) is 5. The largest absolute Gasteiger partial charge is 0.467 e. The second-order valence-corrected chi connectivity index (χ2v) is 4.81. The van der Waals surface area contributed by atoms with E-state index in [-0.39, 0.29) is 6.04 Å². The summed E-state index contributed by atoms with van der Waals surface area (Å²) in [6.45, 7) is -0.394. The molecule has 1 saturated carbocycles. The molecule has 1 fully saturated rings. The predicted molar refractivity (Wildman–Crippen MR) is 51.1 cm³/mol. The number of carbonyl (C=O) groups is 1. The number of esters is 1. The minimum Gasteiger partial charge on any atom is -0.467 e. The molecule has 3 N–H and O–H groups in total. The maximum Gasteiger partial charge on any atom is 0.336 e. The van der Waals surface area contributed by atoms with Crippen LogP contribution in [0, 0.1) is 0 Å². The van der Waals surface area contributed by atoms with E-state index in [1.54, 1.807) is 0 Å². The van der Waals surface area contributed by atoms with Gasteiger partial charge in [-0.1, -0.05) is 0 Å². The first-order chi connectivity index (χ1) is 6.94. The Kier molecular flexibility index (Phi) is 4.03. The van der Waals surface area contributed by atoms with Gasteiger partial charge < -0.3 is 9.84 Å². The van der Waals surface area contributed by atoms with E-state index in [0.29, 0.717) is 0 Å². The number of carbonyl (C=O) groups excluding carboxylic acids is 1. The fraction of sp³-hybridized carbons (Fsp3) is 0.857. The van der Waals surface area contributed by atoms with Crippen molar-refractivity contribution in [3.8, 4) is 0 Å². The molecule has 8 heteroatoms. The van der Waals surface area contributed by atoms with E-state index in [9.17, 15) is 13.2 Å². The van der Waals surface area contributed by atoms with E-state index in [1.807, 2.05) is 0 Å². The third-order valence-electron chi connectivity index (χ3n) is 1.84. The molecule has 0 aliphatic heterocycles. The molecule has 0 spiro atoms. The summed E-state index contributed by atoms with van der Waals surface area (Å²) in [4.78, 5) is 10.7. The molecule has 0 aromatic rings. The molecule has 1 rings (SSSR count). The first kappa shape index (κ1) is 12.4. The van der Waals surface area contributed by atoms with Crippen molar-refractivity contribution in [1.29, 1.82) is 0 Å². The predicted octanol–water partition coefficient (Wildman–Crippen LogP) is -1.89. The summed E-state index contributed by atoms with van der Waals surface area (Å²) in [5, 5.41) is 9.10. The normalized spacial score (nSPS) is 18.5. The van der Waals surface area contributed by atoms with Crippen molar-refractivity contribution in [3.05, 3.63) is 0 Å².